The van der Waals surface area contributed by atoms with Crippen LogP contribution in [0.2, 0.25) is 0 Å². The van der Waals surface area contributed by atoms with Gasteiger partial charge in [-0.05, 0) is 31.0 Å². The molecule has 0 spiro atoms. The Balaban J connectivity index is 0.00000225. The van der Waals surface area contributed by atoms with Gasteiger partial charge in [-0.1, -0.05) is 37.3 Å². The molecule has 0 radical (unpaired) electrons. The molecule has 1 aromatic carbocycles. The topological polar surface area (TPSA) is 21.8 Å². The second-order valence-electron chi connectivity index (χ2n) is 8.08. The highest BCUT2D eigenvalue weighted by Gasteiger charge is 2.31. The highest BCUT2D eigenvalue weighted by Crippen LogP contribution is 2.26. The Morgan fingerprint density at radius 1 is 1.08 bits per heavy atom. The molecule has 0 saturated carbocycles. The normalized spacial score (nSPS) is 25.2. The van der Waals surface area contributed by atoms with Crippen molar-refractivity contribution in [2.45, 2.75) is 19.9 Å². The number of rotatable bonds is 7. The maximum absolute atomic E-state index is 3.52. The van der Waals surface area contributed by atoms with Gasteiger partial charge >= 0.3 is 0 Å². The molecule has 4 nitrogen and oxygen atoms in total. The Hall–Kier alpha value is -0.650. The Kier molecular flexibility index (Phi) is 8.17. The molecule has 5 heteroatoms. The minimum atomic E-state index is 0. The summed E-state index contributed by atoms with van der Waals surface area (Å²) in [7, 11) is 2.23. The molecule has 142 valence electrons. The molecule has 2 saturated heterocycles. The van der Waals surface area contributed by atoms with Crippen LogP contribution in [0, 0.1) is 5.41 Å². The van der Waals surface area contributed by atoms with E-state index < -0.39 is 0 Å². The van der Waals surface area contributed by atoms with Crippen LogP contribution in [-0.4, -0.2) is 80.7 Å². The van der Waals surface area contributed by atoms with E-state index in [9.17, 15) is 0 Å². The average molecular weight is 367 g/mol. The monoisotopic (exact) mass is 366 g/mol. The summed E-state index contributed by atoms with van der Waals surface area (Å²) in [6.45, 7) is 14.4. The fourth-order valence-corrected chi connectivity index (χ4v) is 4.00. The molecule has 2 heterocycles. The smallest absolute Gasteiger partial charge is 0.0231 e. The third kappa shape index (κ3) is 6.54. The molecule has 1 unspecified atom stereocenters. The van der Waals surface area contributed by atoms with Crippen LogP contribution in [-0.2, 0) is 6.54 Å². The maximum Gasteiger partial charge on any atom is 0.0231 e. The van der Waals surface area contributed by atoms with Gasteiger partial charge in [0.25, 0.3) is 0 Å². The molecule has 25 heavy (non-hydrogen) atoms. The predicted octanol–water partition coefficient (Wildman–Crippen LogP) is 2.16. The zero-order valence-corrected chi connectivity index (χ0v) is 16.7. The number of hydrogen-bond acceptors (Lipinski definition) is 4. The van der Waals surface area contributed by atoms with Crippen LogP contribution in [0.15, 0.2) is 30.3 Å². The largest absolute Gasteiger partial charge is 0.316 e. The molecule has 0 aliphatic carbocycles. The lowest BCUT2D eigenvalue weighted by molar-refractivity contribution is 0.0911. The van der Waals surface area contributed by atoms with Gasteiger partial charge in [-0.3, -0.25) is 4.90 Å². The highest BCUT2D eigenvalue weighted by molar-refractivity contribution is 5.85. The summed E-state index contributed by atoms with van der Waals surface area (Å²) < 4.78 is 0. The summed E-state index contributed by atoms with van der Waals surface area (Å²) in [5.41, 5.74) is 1.90. The first-order valence-electron chi connectivity index (χ1n) is 9.51. The Bertz CT molecular complexity index is 482. The van der Waals surface area contributed by atoms with Crippen molar-refractivity contribution in [2.24, 2.45) is 5.41 Å². The fraction of sp³-hybridized carbons (Fsp3) is 0.700. The van der Waals surface area contributed by atoms with Crippen molar-refractivity contribution in [2.75, 3.05) is 66.0 Å². The molecule has 1 N–H and O–H groups in total. The minimum Gasteiger partial charge on any atom is -0.316 e. The van der Waals surface area contributed by atoms with E-state index in [-0.39, 0.29) is 12.4 Å². The van der Waals surface area contributed by atoms with Gasteiger partial charge in [0.1, 0.15) is 0 Å². The highest BCUT2D eigenvalue weighted by atomic mass is 35.5. The average Bonchev–Trinajstić information content (AvgIpc) is 3.01. The molecule has 1 aromatic rings. The molecule has 0 bridgehead atoms. The van der Waals surface area contributed by atoms with E-state index in [2.05, 4.69) is 64.3 Å². The maximum atomic E-state index is 3.52. The van der Waals surface area contributed by atoms with Gasteiger partial charge in [0.2, 0.25) is 0 Å². The molecule has 0 aromatic heterocycles. The van der Waals surface area contributed by atoms with E-state index >= 15 is 0 Å². The number of hydrogen-bond donors (Lipinski definition) is 1. The summed E-state index contributed by atoms with van der Waals surface area (Å²) in [6.07, 6.45) is 1.33. The van der Waals surface area contributed by atoms with Crippen LogP contribution in [0.4, 0.5) is 0 Å². The molecular formula is C20H35ClN4. The lowest BCUT2D eigenvalue weighted by atomic mass is 9.89. The van der Waals surface area contributed by atoms with Gasteiger partial charge in [-0.25, -0.2) is 0 Å². The van der Waals surface area contributed by atoms with E-state index in [0.717, 1.165) is 13.1 Å². The minimum absolute atomic E-state index is 0. The standard InChI is InChI=1S/C20H34N4.ClH/c1-20(8-9-21-17-20)18-24-14-12-23(13-15-24)11-10-22(2)16-19-6-4-3-5-7-19;/h3-7,21H,8-18H2,1-2H3;1H. The summed E-state index contributed by atoms with van der Waals surface area (Å²) in [6, 6.07) is 10.8. The fourth-order valence-electron chi connectivity index (χ4n) is 4.00. The van der Waals surface area contributed by atoms with E-state index in [0.29, 0.717) is 5.41 Å². The van der Waals surface area contributed by atoms with Gasteiger partial charge < -0.3 is 15.1 Å². The van der Waals surface area contributed by atoms with Crippen molar-refractivity contribution in [3.8, 4) is 0 Å². The molecule has 2 fully saturated rings. The van der Waals surface area contributed by atoms with Crippen LogP contribution in [0.25, 0.3) is 0 Å². The predicted molar refractivity (Wildman–Crippen MR) is 108 cm³/mol. The first-order chi connectivity index (χ1) is 11.6. The van der Waals surface area contributed by atoms with E-state index in [1.54, 1.807) is 0 Å². The van der Waals surface area contributed by atoms with Crippen molar-refractivity contribution >= 4 is 12.4 Å². The van der Waals surface area contributed by atoms with Crippen molar-refractivity contribution in [1.29, 1.82) is 0 Å². The summed E-state index contributed by atoms with van der Waals surface area (Å²) in [5, 5.41) is 3.52. The van der Waals surface area contributed by atoms with Crippen LogP contribution in [0.5, 0.6) is 0 Å². The Morgan fingerprint density at radius 3 is 2.40 bits per heavy atom. The van der Waals surface area contributed by atoms with E-state index in [4.69, 9.17) is 0 Å². The molecule has 2 aliphatic heterocycles. The number of likely N-dealkylation sites (N-methyl/N-ethyl adjacent to an activating group) is 1. The van der Waals surface area contributed by atoms with Crippen molar-refractivity contribution in [1.82, 2.24) is 20.0 Å². The van der Waals surface area contributed by atoms with E-state index in [1.165, 1.54) is 64.3 Å². The van der Waals surface area contributed by atoms with Gasteiger partial charge in [0.15, 0.2) is 0 Å². The first kappa shape index (κ1) is 20.7. The van der Waals surface area contributed by atoms with E-state index in [1.807, 2.05) is 0 Å². The summed E-state index contributed by atoms with van der Waals surface area (Å²) in [4.78, 5) is 7.75. The van der Waals surface area contributed by atoms with Crippen LogP contribution < -0.4 is 5.32 Å². The van der Waals surface area contributed by atoms with Gasteiger partial charge in [0.05, 0.1) is 0 Å². The molecular weight excluding hydrogens is 332 g/mol. The van der Waals surface area contributed by atoms with Crippen molar-refractivity contribution in [3.63, 3.8) is 0 Å². The molecule has 0 amide bonds. The molecule has 2 aliphatic rings. The van der Waals surface area contributed by atoms with Crippen LogP contribution in [0.3, 0.4) is 0 Å². The molecule has 1 atom stereocenters. The third-order valence-corrected chi connectivity index (χ3v) is 5.62. The van der Waals surface area contributed by atoms with Crippen LogP contribution in [0.1, 0.15) is 18.9 Å². The summed E-state index contributed by atoms with van der Waals surface area (Å²) in [5.74, 6) is 0. The lowest BCUT2D eigenvalue weighted by Gasteiger charge is -2.39. The number of halogens is 1. The van der Waals surface area contributed by atoms with Gasteiger partial charge in [-0.15, -0.1) is 12.4 Å². The first-order valence-corrected chi connectivity index (χ1v) is 9.51. The zero-order valence-electron chi connectivity index (χ0n) is 15.9. The van der Waals surface area contributed by atoms with Gasteiger partial charge in [0, 0.05) is 58.9 Å². The Morgan fingerprint density at radius 2 is 1.76 bits per heavy atom. The molecule has 3 rings (SSSR count). The second-order valence-corrected chi connectivity index (χ2v) is 8.08. The Labute approximate surface area is 160 Å². The number of nitrogens with zero attached hydrogens (tertiary/aromatic N) is 3. The van der Waals surface area contributed by atoms with Crippen molar-refractivity contribution < 1.29 is 0 Å². The number of nitrogens with one attached hydrogen (secondary N) is 1. The van der Waals surface area contributed by atoms with Crippen LogP contribution >= 0.6 is 12.4 Å². The zero-order chi connectivity index (χ0) is 16.8. The quantitative estimate of drug-likeness (QED) is 0.798. The number of benzene rings is 1. The second kappa shape index (κ2) is 9.89. The number of piperazine rings is 1. The lowest BCUT2D eigenvalue weighted by Crippen LogP contribution is -2.50. The van der Waals surface area contributed by atoms with Crippen molar-refractivity contribution in [3.05, 3.63) is 35.9 Å². The third-order valence-electron chi connectivity index (χ3n) is 5.62. The van der Waals surface area contributed by atoms with Gasteiger partial charge in [-0.2, -0.15) is 0 Å². The SMILES string of the molecule is CN(CCN1CCN(CC2(C)CCNC2)CC1)Cc1ccccc1.Cl. The summed E-state index contributed by atoms with van der Waals surface area (Å²) >= 11 is 0.